The Hall–Kier alpha value is -2.30. The average Bonchev–Trinajstić information content (AvgIpc) is 2.42. The molecule has 1 N–H and O–H groups in total. The van der Waals surface area contributed by atoms with Gasteiger partial charge in [0.2, 0.25) is 0 Å². The highest BCUT2D eigenvalue weighted by molar-refractivity contribution is 5.90. The quantitative estimate of drug-likeness (QED) is 0.443. The van der Waals surface area contributed by atoms with Gasteiger partial charge in [0.15, 0.2) is 0 Å². The molecule has 19 heavy (non-hydrogen) atoms. The van der Waals surface area contributed by atoms with Crippen LogP contribution in [0, 0.1) is 0 Å². The molecule has 5 heteroatoms. The Bertz CT molecular complexity index is 498. The third kappa shape index (κ3) is 5.25. The molecule has 1 rings (SSSR count). The normalized spacial score (nSPS) is 10.4. The minimum Gasteiger partial charge on any atom is -0.493 e. The molecule has 0 heterocycles. The van der Waals surface area contributed by atoms with Gasteiger partial charge in [0.25, 0.3) is 0 Å². The number of esters is 1. The molecular weight excluding hydrogens is 248 g/mol. The van der Waals surface area contributed by atoms with Gasteiger partial charge in [-0.25, -0.2) is 9.59 Å². The first-order valence-corrected chi connectivity index (χ1v) is 5.80. The maximum Gasteiger partial charge on any atom is 0.339 e. The molecule has 0 saturated heterocycles. The molecule has 0 aliphatic heterocycles. The Labute approximate surface area is 112 Å². The van der Waals surface area contributed by atoms with Gasteiger partial charge >= 0.3 is 11.9 Å². The second-order valence-corrected chi connectivity index (χ2v) is 3.65. The number of ether oxygens (including phenoxy) is 2. The lowest BCUT2D eigenvalue weighted by molar-refractivity contribution is -0.137. The lowest BCUT2D eigenvalue weighted by atomic mass is 10.2. The van der Waals surface area contributed by atoms with Crippen LogP contribution in [0.2, 0.25) is 0 Å². The van der Waals surface area contributed by atoms with Gasteiger partial charge in [0.05, 0.1) is 14.6 Å². The minimum atomic E-state index is -1.10. The maximum absolute atomic E-state index is 11.0. The number of carboxylic acid groups (broad SMARTS) is 1. The molecule has 0 fully saturated rings. The van der Waals surface area contributed by atoms with E-state index in [9.17, 15) is 9.59 Å². The van der Waals surface area contributed by atoms with Crippen LogP contribution < -0.4 is 4.74 Å². The molecule has 0 spiro atoms. The summed E-state index contributed by atoms with van der Waals surface area (Å²) in [5.41, 5.74) is 0.0269. The zero-order valence-corrected chi connectivity index (χ0v) is 10.4. The van der Waals surface area contributed by atoms with E-state index >= 15 is 0 Å². The predicted octanol–water partition coefficient (Wildman–Crippen LogP) is 2.27. The van der Waals surface area contributed by atoms with Crippen molar-refractivity contribution in [3.63, 3.8) is 0 Å². The van der Waals surface area contributed by atoms with Gasteiger partial charge in [-0.05, 0) is 25.0 Å². The molecule has 0 radical (unpaired) electrons. The van der Waals surface area contributed by atoms with Crippen molar-refractivity contribution in [1.29, 1.82) is 0 Å². The molecule has 5 nitrogen and oxygen atoms in total. The Morgan fingerprint density at radius 1 is 1.37 bits per heavy atom. The summed E-state index contributed by atoms with van der Waals surface area (Å²) in [6.07, 6.45) is 2.30. The van der Waals surface area contributed by atoms with E-state index in [1.807, 2.05) is 0 Å². The molecule has 0 aliphatic rings. The zero-order chi connectivity index (χ0) is 15.0. The van der Waals surface area contributed by atoms with Crippen molar-refractivity contribution in [3.05, 3.63) is 42.5 Å². The summed E-state index contributed by atoms with van der Waals surface area (Å²) in [5, 5.41) is 8.98. The molecular formula is C14H16O5. The van der Waals surface area contributed by atoms with Crippen molar-refractivity contribution >= 4 is 11.9 Å². The number of benzene rings is 1. The number of carbonyl (C=O) groups excluding carboxylic acids is 1. The van der Waals surface area contributed by atoms with Crippen LogP contribution in [-0.2, 0) is 9.53 Å². The molecule has 0 saturated carbocycles. The van der Waals surface area contributed by atoms with E-state index in [1.54, 1.807) is 0 Å². The van der Waals surface area contributed by atoms with Crippen molar-refractivity contribution in [2.24, 2.45) is 0 Å². The van der Waals surface area contributed by atoms with E-state index in [4.69, 9.17) is 16.0 Å². The molecule has 0 aromatic heterocycles. The summed E-state index contributed by atoms with van der Waals surface area (Å²) in [7, 11) is 0. The molecule has 0 unspecified atom stereocenters. The molecule has 102 valence electrons. The van der Waals surface area contributed by atoms with Gasteiger partial charge in [0.1, 0.15) is 11.3 Å². The number of hydrogen-bond donors (Lipinski definition) is 1. The molecule has 0 bridgehead atoms. The van der Waals surface area contributed by atoms with Crippen molar-refractivity contribution < 1.29 is 25.5 Å². The number of unbranched alkanes of at least 4 members (excludes halogenated alkanes) is 1. The molecule has 0 atom stereocenters. The molecule has 1 aromatic rings. The summed E-state index contributed by atoms with van der Waals surface area (Å²) in [6, 6.07) is 4.28. The fourth-order valence-electron chi connectivity index (χ4n) is 1.33. The monoisotopic (exact) mass is 265 g/mol. The van der Waals surface area contributed by atoms with Crippen molar-refractivity contribution in [2.75, 3.05) is 13.2 Å². The molecule has 1 aromatic carbocycles. The van der Waals surface area contributed by atoms with Gasteiger partial charge in [-0.2, -0.15) is 0 Å². The number of carboxylic acids is 1. The second-order valence-electron chi connectivity index (χ2n) is 3.65. The summed E-state index contributed by atoms with van der Waals surface area (Å²) in [6.45, 7) is 3.83. The highest BCUT2D eigenvalue weighted by Gasteiger charge is 2.09. The third-order valence-electron chi connectivity index (χ3n) is 2.26. The molecule has 0 amide bonds. The van der Waals surface area contributed by atoms with Gasteiger partial charge in [-0.3, -0.25) is 0 Å². The maximum atomic E-state index is 11.0. The van der Waals surface area contributed by atoms with Crippen LogP contribution in [0.4, 0.5) is 0 Å². The summed E-state index contributed by atoms with van der Waals surface area (Å²) in [5.74, 6) is -1.39. The van der Waals surface area contributed by atoms with E-state index in [2.05, 4.69) is 6.58 Å². The Kier molecular flexibility index (Phi) is 5.48. The Balaban J connectivity index is 2.38. The van der Waals surface area contributed by atoms with Crippen molar-refractivity contribution in [2.45, 2.75) is 12.8 Å². The van der Waals surface area contributed by atoms with Crippen LogP contribution in [0.1, 0.15) is 24.6 Å². The lowest BCUT2D eigenvalue weighted by Crippen LogP contribution is -2.06. The van der Waals surface area contributed by atoms with Gasteiger partial charge in [-0.15, -0.1) is 0 Å². The minimum absolute atomic E-state index is 0.0269. The Morgan fingerprint density at radius 2 is 2.11 bits per heavy atom. The summed E-state index contributed by atoms with van der Waals surface area (Å²) < 4.78 is 17.6. The predicted molar refractivity (Wildman–Crippen MR) is 69.3 cm³/mol. The number of hydrogen-bond acceptors (Lipinski definition) is 4. The largest absolute Gasteiger partial charge is 0.493 e. The van der Waals surface area contributed by atoms with Crippen LogP contribution in [0.3, 0.4) is 0 Å². The SMILES string of the molecule is [2H]c1ccc(C(=O)O)c(OCCCCOC(=O)C=C)c1. The van der Waals surface area contributed by atoms with Crippen LogP contribution in [0.15, 0.2) is 36.9 Å². The van der Waals surface area contributed by atoms with E-state index in [1.165, 1.54) is 18.2 Å². The summed E-state index contributed by atoms with van der Waals surface area (Å²) in [4.78, 5) is 21.7. The number of carbonyl (C=O) groups is 2. The zero-order valence-electron chi connectivity index (χ0n) is 11.4. The lowest BCUT2D eigenvalue weighted by Gasteiger charge is -2.08. The van der Waals surface area contributed by atoms with Crippen LogP contribution in [-0.4, -0.2) is 30.3 Å². The van der Waals surface area contributed by atoms with Crippen molar-refractivity contribution in [1.82, 2.24) is 0 Å². The number of rotatable bonds is 8. The second kappa shape index (κ2) is 7.92. The first kappa shape index (κ1) is 13.1. The van der Waals surface area contributed by atoms with E-state index in [-0.39, 0.29) is 30.6 Å². The first-order valence-electron chi connectivity index (χ1n) is 6.30. The standard InChI is InChI=1S/C14H16O5/c1-2-13(15)19-10-6-5-9-18-12-8-4-3-7-11(12)14(16)17/h2-4,7-8H,1,5-6,9-10H2,(H,16,17)/i4D. The highest BCUT2D eigenvalue weighted by atomic mass is 16.5. The highest BCUT2D eigenvalue weighted by Crippen LogP contribution is 2.17. The van der Waals surface area contributed by atoms with Gasteiger partial charge in [-0.1, -0.05) is 18.7 Å². The summed E-state index contributed by atoms with van der Waals surface area (Å²) >= 11 is 0. The Morgan fingerprint density at radius 3 is 2.79 bits per heavy atom. The number of aromatic carboxylic acids is 1. The first-order chi connectivity index (χ1) is 9.54. The number of para-hydroxylation sites is 1. The van der Waals surface area contributed by atoms with Gasteiger partial charge < -0.3 is 14.6 Å². The van der Waals surface area contributed by atoms with Crippen LogP contribution in [0.5, 0.6) is 5.75 Å². The third-order valence-corrected chi connectivity index (χ3v) is 2.26. The topological polar surface area (TPSA) is 72.8 Å². The van der Waals surface area contributed by atoms with Crippen LogP contribution >= 0.6 is 0 Å². The van der Waals surface area contributed by atoms with Gasteiger partial charge in [0, 0.05) is 6.08 Å². The van der Waals surface area contributed by atoms with E-state index < -0.39 is 11.9 Å². The fraction of sp³-hybridized carbons (Fsp3) is 0.286. The van der Waals surface area contributed by atoms with Crippen molar-refractivity contribution in [3.8, 4) is 5.75 Å². The molecule has 0 aliphatic carbocycles. The van der Waals surface area contributed by atoms with Crippen LogP contribution in [0.25, 0.3) is 0 Å². The average molecular weight is 265 g/mol. The van der Waals surface area contributed by atoms with E-state index in [0.29, 0.717) is 12.8 Å². The fourth-order valence-corrected chi connectivity index (χ4v) is 1.33. The van der Waals surface area contributed by atoms with E-state index in [0.717, 1.165) is 6.08 Å². The smallest absolute Gasteiger partial charge is 0.339 e.